The maximum Gasteiger partial charge on any atom is 0.357 e. The topological polar surface area (TPSA) is 85.1 Å². The molecule has 4 rings (SSSR count). The van der Waals surface area contributed by atoms with Gasteiger partial charge in [0.1, 0.15) is 5.01 Å². The molecule has 0 radical (unpaired) electrons. The predicted molar refractivity (Wildman–Crippen MR) is 97.5 cm³/mol. The van der Waals surface area contributed by atoms with Crippen LogP contribution in [0.25, 0.3) is 21.3 Å². The number of hydrogen-bond donors (Lipinski definition) is 1. The molecule has 0 bridgehead atoms. The van der Waals surface area contributed by atoms with E-state index >= 15 is 0 Å². The highest BCUT2D eigenvalue weighted by Crippen LogP contribution is 2.25. The Balaban J connectivity index is 1.78. The van der Waals surface area contributed by atoms with E-state index in [0.29, 0.717) is 16.5 Å². The first kappa shape index (κ1) is 15.7. The number of fused-ring (bicyclic) bond motifs is 1. The van der Waals surface area contributed by atoms with E-state index < -0.39 is 5.97 Å². The van der Waals surface area contributed by atoms with Crippen LogP contribution in [0, 0.1) is 0 Å². The van der Waals surface area contributed by atoms with Crippen molar-refractivity contribution in [2.24, 2.45) is 0 Å². The quantitative estimate of drug-likeness (QED) is 0.596. The first-order chi connectivity index (χ1) is 12.1. The Labute approximate surface area is 149 Å². The Morgan fingerprint density at radius 3 is 2.68 bits per heavy atom. The van der Waals surface area contributed by atoms with Crippen LogP contribution < -0.4 is 5.56 Å². The summed E-state index contributed by atoms with van der Waals surface area (Å²) in [5.41, 5.74) is 1.24. The summed E-state index contributed by atoms with van der Waals surface area (Å²) in [6, 6.07) is 8.58. The molecule has 0 amide bonds. The molecule has 0 aliphatic heterocycles. The summed E-state index contributed by atoms with van der Waals surface area (Å²) >= 11 is 3.07. The van der Waals surface area contributed by atoms with Crippen LogP contribution in [0.3, 0.4) is 0 Å². The Morgan fingerprint density at radius 2 is 1.96 bits per heavy atom. The zero-order valence-corrected chi connectivity index (χ0v) is 14.4. The van der Waals surface area contributed by atoms with Crippen molar-refractivity contribution in [1.82, 2.24) is 14.8 Å². The predicted octanol–water partition coefficient (Wildman–Crippen LogP) is 3.33. The summed E-state index contributed by atoms with van der Waals surface area (Å²) in [6.45, 7) is 0.130. The molecule has 0 fully saturated rings. The highest BCUT2D eigenvalue weighted by molar-refractivity contribution is 7.14. The number of nitrogens with zero attached hydrogens (tertiary/aromatic N) is 3. The molecule has 124 valence electrons. The van der Waals surface area contributed by atoms with Gasteiger partial charge < -0.3 is 5.11 Å². The molecule has 0 unspecified atom stereocenters. The molecule has 0 spiro atoms. The van der Waals surface area contributed by atoms with Gasteiger partial charge in [-0.25, -0.2) is 14.5 Å². The molecule has 0 atom stereocenters. The van der Waals surface area contributed by atoms with E-state index in [-0.39, 0.29) is 17.8 Å². The number of carboxylic acid groups (broad SMARTS) is 1. The fourth-order valence-electron chi connectivity index (χ4n) is 2.55. The number of carbonyl (C=O) groups is 1. The van der Waals surface area contributed by atoms with Gasteiger partial charge in [0.05, 0.1) is 17.6 Å². The summed E-state index contributed by atoms with van der Waals surface area (Å²) in [4.78, 5) is 28.6. The molecule has 0 aliphatic carbocycles. The molecule has 3 aromatic heterocycles. The van der Waals surface area contributed by atoms with Crippen molar-refractivity contribution in [3.63, 3.8) is 0 Å². The molecule has 4 aromatic rings. The molecular weight excluding hydrogens is 358 g/mol. The second-order valence-electron chi connectivity index (χ2n) is 5.32. The van der Waals surface area contributed by atoms with Gasteiger partial charge in [0.2, 0.25) is 0 Å². The lowest BCUT2D eigenvalue weighted by atomic mass is 10.1. The second-order valence-corrected chi connectivity index (χ2v) is 6.96. The van der Waals surface area contributed by atoms with Crippen molar-refractivity contribution >= 4 is 39.4 Å². The third-order valence-corrected chi connectivity index (χ3v) is 5.33. The summed E-state index contributed by atoms with van der Waals surface area (Å²) in [5.74, 6) is -1.16. The van der Waals surface area contributed by atoms with Gasteiger partial charge in [0, 0.05) is 21.7 Å². The summed E-state index contributed by atoms with van der Waals surface area (Å²) in [7, 11) is 0. The van der Waals surface area contributed by atoms with Crippen molar-refractivity contribution in [2.75, 3.05) is 0 Å². The van der Waals surface area contributed by atoms with Crippen molar-refractivity contribution in [2.45, 2.75) is 6.54 Å². The van der Waals surface area contributed by atoms with Crippen LogP contribution in [-0.4, -0.2) is 25.8 Å². The van der Waals surface area contributed by atoms with Crippen LogP contribution >= 0.6 is 22.7 Å². The molecular formula is C17H11N3O3S2. The fourth-order valence-corrected chi connectivity index (χ4v) is 4.08. The van der Waals surface area contributed by atoms with Gasteiger partial charge in [-0.1, -0.05) is 18.2 Å². The van der Waals surface area contributed by atoms with E-state index in [1.807, 2.05) is 22.2 Å². The van der Waals surface area contributed by atoms with Gasteiger partial charge in [-0.2, -0.15) is 16.4 Å². The molecule has 1 N–H and O–H groups in total. The minimum absolute atomic E-state index is 0.130. The van der Waals surface area contributed by atoms with E-state index in [2.05, 4.69) is 10.1 Å². The summed E-state index contributed by atoms with van der Waals surface area (Å²) in [6.07, 6.45) is 0. The Morgan fingerprint density at radius 1 is 1.16 bits per heavy atom. The van der Waals surface area contributed by atoms with E-state index in [1.54, 1.807) is 35.6 Å². The van der Waals surface area contributed by atoms with E-state index in [9.17, 15) is 14.7 Å². The highest BCUT2D eigenvalue weighted by Gasteiger charge is 2.16. The molecule has 0 saturated carbocycles. The lowest BCUT2D eigenvalue weighted by Gasteiger charge is -2.07. The first-order valence-corrected chi connectivity index (χ1v) is 9.16. The van der Waals surface area contributed by atoms with Gasteiger partial charge in [0.25, 0.3) is 5.56 Å². The van der Waals surface area contributed by atoms with Crippen molar-refractivity contribution < 1.29 is 9.90 Å². The molecule has 0 saturated heterocycles. The van der Waals surface area contributed by atoms with Crippen LogP contribution in [0.2, 0.25) is 0 Å². The summed E-state index contributed by atoms with van der Waals surface area (Å²) in [5, 5.41) is 20.8. The lowest BCUT2D eigenvalue weighted by molar-refractivity contribution is 0.0690. The number of aromatic nitrogens is 3. The van der Waals surface area contributed by atoms with Gasteiger partial charge in [-0.3, -0.25) is 4.79 Å². The number of benzene rings is 1. The van der Waals surface area contributed by atoms with Crippen LogP contribution in [-0.2, 0) is 6.54 Å². The van der Waals surface area contributed by atoms with Gasteiger partial charge in [0.15, 0.2) is 5.69 Å². The molecule has 1 aromatic carbocycles. The maximum atomic E-state index is 12.6. The number of aromatic carboxylic acids is 1. The van der Waals surface area contributed by atoms with E-state index in [1.165, 1.54) is 11.3 Å². The van der Waals surface area contributed by atoms with Gasteiger partial charge >= 0.3 is 5.97 Å². The summed E-state index contributed by atoms with van der Waals surface area (Å²) < 4.78 is 1.16. The van der Waals surface area contributed by atoms with Crippen LogP contribution in [0.5, 0.6) is 0 Å². The minimum atomic E-state index is -1.16. The highest BCUT2D eigenvalue weighted by atomic mass is 32.1. The Hall–Kier alpha value is -2.84. The fraction of sp³-hybridized carbons (Fsp3) is 0.0588. The zero-order chi connectivity index (χ0) is 17.4. The molecule has 3 heterocycles. The number of thiazole rings is 1. The lowest BCUT2D eigenvalue weighted by Crippen LogP contribution is -2.26. The largest absolute Gasteiger partial charge is 0.476 e. The Kier molecular flexibility index (Phi) is 3.90. The molecule has 0 aliphatic rings. The monoisotopic (exact) mass is 369 g/mol. The standard InChI is InChI=1S/C17H11N3O3S2/c21-16-13-4-2-1-3-12(13)14(17(22)23)19-20(16)7-11-9-25-15(18-11)10-5-6-24-8-10/h1-6,8-9H,7H2,(H,22,23). The molecule has 25 heavy (non-hydrogen) atoms. The average Bonchev–Trinajstić information content (AvgIpc) is 3.28. The first-order valence-electron chi connectivity index (χ1n) is 7.33. The number of hydrogen-bond acceptors (Lipinski definition) is 6. The maximum absolute atomic E-state index is 12.6. The van der Waals surface area contributed by atoms with Crippen molar-refractivity contribution in [3.8, 4) is 10.6 Å². The third kappa shape index (κ3) is 2.86. The van der Waals surface area contributed by atoms with Gasteiger partial charge in [-0.15, -0.1) is 11.3 Å². The zero-order valence-electron chi connectivity index (χ0n) is 12.7. The van der Waals surface area contributed by atoms with Crippen LogP contribution in [0.15, 0.2) is 51.3 Å². The number of thiophene rings is 1. The van der Waals surface area contributed by atoms with E-state index in [0.717, 1.165) is 15.3 Å². The number of carboxylic acids is 1. The molecule has 8 heteroatoms. The Bertz CT molecular complexity index is 1130. The normalized spacial score (nSPS) is 11.0. The SMILES string of the molecule is O=C(O)c1nn(Cc2csc(-c3ccsc3)n2)c(=O)c2ccccc12. The molecule has 6 nitrogen and oxygen atoms in total. The van der Waals surface area contributed by atoms with Crippen LogP contribution in [0.1, 0.15) is 16.2 Å². The van der Waals surface area contributed by atoms with Crippen molar-refractivity contribution in [1.29, 1.82) is 0 Å². The number of rotatable bonds is 4. The average molecular weight is 369 g/mol. The smallest absolute Gasteiger partial charge is 0.357 e. The second kappa shape index (κ2) is 6.23. The van der Waals surface area contributed by atoms with Crippen LogP contribution in [0.4, 0.5) is 0 Å². The minimum Gasteiger partial charge on any atom is -0.476 e. The van der Waals surface area contributed by atoms with E-state index in [4.69, 9.17) is 0 Å². The van der Waals surface area contributed by atoms with Crippen molar-refractivity contribution in [3.05, 3.63) is 68.2 Å². The van der Waals surface area contributed by atoms with Gasteiger partial charge in [-0.05, 0) is 17.5 Å². The third-order valence-electron chi connectivity index (χ3n) is 3.70.